The van der Waals surface area contributed by atoms with Crippen LogP contribution in [0.25, 0.3) is 0 Å². The molecule has 1 unspecified atom stereocenters. The van der Waals surface area contributed by atoms with Crippen molar-refractivity contribution in [3.8, 4) is 0 Å². The summed E-state index contributed by atoms with van der Waals surface area (Å²) in [6, 6.07) is 8.15. The van der Waals surface area contributed by atoms with Gasteiger partial charge in [0.25, 0.3) is 0 Å². The highest BCUT2D eigenvalue weighted by molar-refractivity contribution is 9.10. The summed E-state index contributed by atoms with van der Waals surface area (Å²) in [5.41, 5.74) is 11.0. The van der Waals surface area contributed by atoms with Gasteiger partial charge in [-0.3, -0.25) is 0 Å². The fourth-order valence-electron chi connectivity index (χ4n) is 1.34. The number of halogens is 1. The lowest BCUT2D eigenvalue weighted by molar-refractivity contribution is 0.701. The molecule has 0 aliphatic carbocycles. The van der Waals surface area contributed by atoms with Crippen LogP contribution in [0.3, 0.4) is 0 Å². The van der Waals surface area contributed by atoms with Crippen LogP contribution < -0.4 is 5.73 Å². The summed E-state index contributed by atoms with van der Waals surface area (Å²) < 4.78 is 1.09. The summed E-state index contributed by atoms with van der Waals surface area (Å²) in [7, 11) is 0. The van der Waals surface area contributed by atoms with Gasteiger partial charge in [0.2, 0.25) is 0 Å². The number of benzene rings is 1. The number of aromatic nitrogens is 1. The molecular weight excluding hydrogens is 272 g/mol. The maximum Gasteiger partial charge on any atom is 0.152 e. The quantitative estimate of drug-likeness (QED) is 0.940. The minimum Gasteiger partial charge on any atom is -0.322 e. The van der Waals surface area contributed by atoms with Gasteiger partial charge in [0.05, 0.1) is 11.7 Å². The van der Waals surface area contributed by atoms with Crippen molar-refractivity contribution in [2.24, 2.45) is 5.73 Å². The third-order valence-corrected chi connectivity index (χ3v) is 3.24. The van der Waals surface area contributed by atoms with Crippen LogP contribution in [0.2, 0.25) is 0 Å². The van der Waals surface area contributed by atoms with Gasteiger partial charge in [-0.15, -0.1) is 11.3 Å². The largest absolute Gasteiger partial charge is 0.322 e. The third-order valence-electron chi connectivity index (χ3n) is 2.16. The Bertz CT molecular complexity index is 411. The van der Waals surface area contributed by atoms with E-state index in [1.807, 2.05) is 17.5 Å². The van der Waals surface area contributed by atoms with Gasteiger partial charge < -0.3 is 5.73 Å². The molecule has 0 saturated heterocycles. The van der Waals surface area contributed by atoms with Crippen LogP contribution in [0, 0.1) is 5.51 Å². The summed E-state index contributed by atoms with van der Waals surface area (Å²) in [6.07, 6.45) is 0.810. The van der Waals surface area contributed by atoms with Gasteiger partial charge in [0.15, 0.2) is 5.51 Å². The van der Waals surface area contributed by atoms with Crippen molar-refractivity contribution in [1.29, 1.82) is 0 Å². The molecule has 0 aliphatic rings. The molecular formula is C11H10BrN2S. The number of thiazole rings is 1. The molecule has 1 atom stereocenters. The topological polar surface area (TPSA) is 38.9 Å². The summed E-state index contributed by atoms with van der Waals surface area (Å²) in [6.45, 7) is 0. The molecule has 15 heavy (non-hydrogen) atoms. The molecule has 4 heteroatoms. The zero-order chi connectivity index (χ0) is 10.7. The number of rotatable bonds is 3. The molecule has 1 aromatic heterocycles. The van der Waals surface area contributed by atoms with Crippen molar-refractivity contribution in [2.45, 2.75) is 12.5 Å². The van der Waals surface area contributed by atoms with Crippen molar-refractivity contribution in [1.82, 2.24) is 4.98 Å². The zero-order valence-electron chi connectivity index (χ0n) is 7.98. The van der Waals surface area contributed by atoms with Crippen molar-refractivity contribution in [3.05, 3.63) is 50.9 Å². The highest BCUT2D eigenvalue weighted by atomic mass is 79.9. The summed E-state index contributed by atoms with van der Waals surface area (Å²) in [5.74, 6) is 0. The first-order valence-electron chi connectivity index (χ1n) is 4.57. The summed E-state index contributed by atoms with van der Waals surface area (Å²) >= 11 is 4.86. The van der Waals surface area contributed by atoms with Gasteiger partial charge >= 0.3 is 0 Å². The molecule has 77 valence electrons. The van der Waals surface area contributed by atoms with Crippen molar-refractivity contribution in [3.63, 3.8) is 0 Å². The van der Waals surface area contributed by atoms with Gasteiger partial charge in [-0.2, -0.15) is 0 Å². The molecule has 0 spiro atoms. The number of nitrogens with zero attached hydrogens (tertiary/aromatic N) is 1. The first kappa shape index (κ1) is 10.8. The van der Waals surface area contributed by atoms with Gasteiger partial charge in [-0.1, -0.05) is 28.1 Å². The smallest absolute Gasteiger partial charge is 0.152 e. The number of hydrogen-bond acceptors (Lipinski definition) is 3. The molecule has 0 bridgehead atoms. The molecule has 2 N–H and O–H groups in total. The van der Waals surface area contributed by atoms with Crippen LogP contribution in [-0.4, -0.2) is 4.98 Å². The number of hydrogen-bond donors (Lipinski definition) is 1. The van der Waals surface area contributed by atoms with Crippen LogP contribution in [0.5, 0.6) is 0 Å². The second-order valence-electron chi connectivity index (χ2n) is 3.30. The average Bonchev–Trinajstić information content (AvgIpc) is 2.74. The molecule has 0 aliphatic heterocycles. The highest BCUT2D eigenvalue weighted by Crippen LogP contribution is 2.17. The predicted molar refractivity (Wildman–Crippen MR) is 65.7 cm³/mol. The molecule has 0 fully saturated rings. The standard InChI is InChI=1S/C11H10BrN2S/c12-9-3-1-8(2-4-9)5-10(13)11-6-15-7-14-11/h1-4,6,10H,5,13H2. The van der Waals surface area contributed by atoms with E-state index in [-0.39, 0.29) is 6.04 Å². The molecule has 1 aromatic carbocycles. The molecule has 1 heterocycles. The fourth-order valence-corrected chi connectivity index (χ4v) is 2.16. The van der Waals surface area contributed by atoms with E-state index in [1.165, 1.54) is 16.9 Å². The van der Waals surface area contributed by atoms with E-state index in [9.17, 15) is 0 Å². The second-order valence-corrected chi connectivity index (χ2v) is 4.87. The van der Waals surface area contributed by atoms with Crippen LogP contribution in [0.15, 0.2) is 34.1 Å². The van der Waals surface area contributed by atoms with E-state index in [1.54, 1.807) is 0 Å². The third kappa shape index (κ3) is 2.87. The zero-order valence-corrected chi connectivity index (χ0v) is 10.4. The molecule has 1 radical (unpaired) electrons. The van der Waals surface area contributed by atoms with Gasteiger partial charge in [0, 0.05) is 9.85 Å². The van der Waals surface area contributed by atoms with Gasteiger partial charge in [0.1, 0.15) is 0 Å². The summed E-state index contributed by atoms with van der Waals surface area (Å²) in [4.78, 5) is 4.09. The molecule has 2 aromatic rings. The average molecular weight is 282 g/mol. The Labute approximate surface area is 101 Å². The summed E-state index contributed by atoms with van der Waals surface area (Å²) in [5, 5.41) is 1.95. The Kier molecular flexibility index (Phi) is 3.51. The lowest BCUT2D eigenvalue weighted by Gasteiger charge is -2.08. The maximum absolute atomic E-state index is 6.02. The minimum absolute atomic E-state index is 0.0336. The van der Waals surface area contributed by atoms with Gasteiger partial charge in [-0.25, -0.2) is 4.98 Å². The maximum atomic E-state index is 6.02. The Morgan fingerprint density at radius 1 is 1.40 bits per heavy atom. The van der Waals surface area contributed by atoms with Crippen molar-refractivity contribution in [2.75, 3.05) is 0 Å². The van der Waals surface area contributed by atoms with E-state index >= 15 is 0 Å². The van der Waals surface area contributed by atoms with E-state index in [2.05, 4.69) is 38.6 Å². The Balaban J connectivity index is 2.06. The predicted octanol–water partition coefficient (Wildman–Crippen LogP) is 2.95. The fraction of sp³-hybridized carbons (Fsp3) is 0.182. The molecule has 2 nitrogen and oxygen atoms in total. The van der Waals surface area contributed by atoms with Gasteiger partial charge in [-0.05, 0) is 24.1 Å². The van der Waals surface area contributed by atoms with E-state index in [0.29, 0.717) is 0 Å². The Morgan fingerprint density at radius 3 is 2.73 bits per heavy atom. The minimum atomic E-state index is -0.0336. The van der Waals surface area contributed by atoms with E-state index < -0.39 is 0 Å². The Morgan fingerprint density at radius 2 is 2.13 bits per heavy atom. The first-order valence-corrected chi connectivity index (χ1v) is 6.24. The lowest BCUT2D eigenvalue weighted by atomic mass is 10.1. The van der Waals surface area contributed by atoms with E-state index in [4.69, 9.17) is 5.73 Å². The van der Waals surface area contributed by atoms with Crippen LogP contribution in [0.4, 0.5) is 0 Å². The normalized spacial score (nSPS) is 12.7. The lowest BCUT2D eigenvalue weighted by Crippen LogP contribution is -2.13. The monoisotopic (exact) mass is 281 g/mol. The number of nitrogens with two attached hydrogens (primary N) is 1. The van der Waals surface area contributed by atoms with Crippen LogP contribution in [-0.2, 0) is 6.42 Å². The molecule has 2 rings (SSSR count). The molecule has 0 saturated carbocycles. The van der Waals surface area contributed by atoms with Crippen LogP contribution in [0.1, 0.15) is 17.3 Å². The molecule has 0 amide bonds. The second kappa shape index (κ2) is 4.88. The van der Waals surface area contributed by atoms with Crippen molar-refractivity contribution >= 4 is 27.3 Å². The SMILES string of the molecule is NC(Cc1ccc(Br)cc1)c1cs[c]n1. The van der Waals surface area contributed by atoms with Crippen molar-refractivity contribution < 1.29 is 0 Å². The van der Waals surface area contributed by atoms with E-state index in [0.717, 1.165) is 16.6 Å². The highest BCUT2D eigenvalue weighted by Gasteiger charge is 2.08. The first-order chi connectivity index (χ1) is 7.25. The van der Waals surface area contributed by atoms with Crippen LogP contribution >= 0.6 is 27.3 Å². The Hall–Kier alpha value is -0.710.